The van der Waals surface area contributed by atoms with Gasteiger partial charge in [-0.15, -0.1) is 0 Å². The molecule has 6 nitrogen and oxygen atoms in total. The first kappa shape index (κ1) is 22.9. The van der Waals surface area contributed by atoms with Gasteiger partial charge in [0.1, 0.15) is 0 Å². The molecule has 2 atom stereocenters. The molecule has 0 radical (unpaired) electrons. The lowest BCUT2D eigenvalue weighted by Crippen LogP contribution is -2.35. The zero-order valence-electron chi connectivity index (χ0n) is 17.5. The fourth-order valence-electron chi connectivity index (χ4n) is 2.93. The van der Waals surface area contributed by atoms with Gasteiger partial charge in [-0.3, -0.25) is 0 Å². The van der Waals surface area contributed by atoms with Crippen LogP contribution in [-0.2, 0) is 18.1 Å². The maximum atomic E-state index is 6.00. The molecule has 0 N–H and O–H groups in total. The molecule has 2 saturated heterocycles. The van der Waals surface area contributed by atoms with Crippen molar-refractivity contribution in [2.45, 2.75) is 78.3 Å². The molecule has 2 aliphatic rings. The van der Waals surface area contributed by atoms with E-state index >= 15 is 0 Å². The van der Waals surface area contributed by atoms with Gasteiger partial charge in [-0.25, -0.2) is 9.34 Å². The maximum Gasteiger partial charge on any atom is 0.259 e. The van der Waals surface area contributed by atoms with Crippen LogP contribution in [0, 0.1) is 0 Å². The third-order valence-corrected chi connectivity index (χ3v) is 8.40. The van der Waals surface area contributed by atoms with Crippen LogP contribution in [0.4, 0.5) is 0 Å². The molecule has 0 amide bonds. The topological polar surface area (TPSA) is 43.4 Å². The summed E-state index contributed by atoms with van der Waals surface area (Å²) in [5.41, 5.74) is 0.231. The predicted molar refractivity (Wildman–Crippen MR) is 109 cm³/mol. The van der Waals surface area contributed by atoms with E-state index in [1.54, 1.807) is 0 Å². The summed E-state index contributed by atoms with van der Waals surface area (Å²) in [6, 6.07) is 0. The molecule has 8 heteroatoms. The zero-order chi connectivity index (χ0) is 19.2. The van der Waals surface area contributed by atoms with Gasteiger partial charge in [-0.05, 0) is 54.4 Å². The fourth-order valence-corrected chi connectivity index (χ4v) is 6.15. The Morgan fingerprint density at radius 2 is 1.08 bits per heavy atom. The highest BCUT2D eigenvalue weighted by Gasteiger charge is 2.36. The minimum Gasteiger partial charge on any atom is -0.322 e. The summed E-state index contributed by atoms with van der Waals surface area (Å²) in [5, 5.41) is 0. The van der Waals surface area contributed by atoms with Crippen molar-refractivity contribution in [1.29, 1.82) is 0 Å². The van der Waals surface area contributed by atoms with Gasteiger partial charge >= 0.3 is 0 Å². The van der Waals surface area contributed by atoms with Crippen LogP contribution in [0.2, 0.25) is 0 Å². The Kier molecular flexibility index (Phi) is 9.17. The number of unbranched alkanes of at least 4 members (excludes halogenated alkanes) is 3. The van der Waals surface area contributed by atoms with Crippen LogP contribution in [0.15, 0.2) is 0 Å². The molecule has 26 heavy (non-hydrogen) atoms. The summed E-state index contributed by atoms with van der Waals surface area (Å²) in [6.07, 6.45) is 4.51. The van der Waals surface area contributed by atoms with Crippen LogP contribution in [0.3, 0.4) is 0 Å². The fraction of sp³-hybridized carbons (Fsp3) is 1.00. The standard InChI is InChI=1S/C18H38N2O4P2/c1-17(2,3)19-11-15-23-25(19)21-13-9-7-8-10-14-22-26-20(12-16-24-26)18(4,5)6/h7-16H2,1-6H3. The molecule has 0 saturated carbocycles. The van der Waals surface area contributed by atoms with Crippen LogP contribution in [-0.4, -0.2) is 59.9 Å². The number of hydrogen-bond donors (Lipinski definition) is 0. The molecule has 2 aliphatic heterocycles. The van der Waals surface area contributed by atoms with E-state index in [0.717, 1.165) is 52.4 Å². The van der Waals surface area contributed by atoms with E-state index in [4.69, 9.17) is 18.1 Å². The average Bonchev–Trinajstić information content (AvgIpc) is 3.17. The molecule has 2 heterocycles. The van der Waals surface area contributed by atoms with E-state index in [1.165, 1.54) is 12.8 Å². The number of rotatable bonds is 9. The normalized spacial score (nSPS) is 26.1. The van der Waals surface area contributed by atoms with Crippen molar-refractivity contribution >= 4 is 17.1 Å². The highest BCUT2D eigenvalue weighted by molar-refractivity contribution is 7.45. The molecule has 0 aromatic carbocycles. The quantitative estimate of drug-likeness (QED) is 0.381. The summed E-state index contributed by atoms with van der Waals surface area (Å²) in [4.78, 5) is 0. The first-order valence-corrected chi connectivity index (χ1v) is 12.1. The lowest BCUT2D eigenvalue weighted by Gasteiger charge is -2.33. The maximum absolute atomic E-state index is 6.00. The number of nitrogens with zero attached hydrogens (tertiary/aromatic N) is 2. The van der Waals surface area contributed by atoms with Crippen molar-refractivity contribution in [1.82, 2.24) is 9.34 Å². The van der Waals surface area contributed by atoms with E-state index in [1.807, 2.05) is 0 Å². The van der Waals surface area contributed by atoms with E-state index in [-0.39, 0.29) is 11.1 Å². The molecule has 0 spiro atoms. The molecule has 154 valence electrons. The van der Waals surface area contributed by atoms with Gasteiger partial charge in [-0.2, -0.15) is 0 Å². The van der Waals surface area contributed by atoms with Crippen LogP contribution >= 0.6 is 17.1 Å². The second-order valence-electron chi connectivity index (χ2n) is 8.81. The van der Waals surface area contributed by atoms with Crippen molar-refractivity contribution in [2.75, 3.05) is 39.5 Å². The molecule has 0 aromatic heterocycles. The van der Waals surface area contributed by atoms with Gasteiger partial charge in [0, 0.05) is 24.2 Å². The summed E-state index contributed by atoms with van der Waals surface area (Å²) >= 11 is 0. The Labute approximate surface area is 162 Å². The molecule has 0 aliphatic carbocycles. The van der Waals surface area contributed by atoms with Crippen LogP contribution in [0.5, 0.6) is 0 Å². The zero-order valence-corrected chi connectivity index (χ0v) is 19.3. The Morgan fingerprint density at radius 1 is 0.692 bits per heavy atom. The van der Waals surface area contributed by atoms with Gasteiger partial charge in [0.2, 0.25) is 0 Å². The molecule has 0 aromatic rings. The van der Waals surface area contributed by atoms with Gasteiger partial charge in [0.05, 0.1) is 26.4 Å². The molecule has 0 bridgehead atoms. The van der Waals surface area contributed by atoms with E-state index in [0.29, 0.717) is 0 Å². The minimum atomic E-state index is -0.858. The van der Waals surface area contributed by atoms with Gasteiger partial charge < -0.3 is 18.1 Å². The summed E-state index contributed by atoms with van der Waals surface area (Å²) in [5.74, 6) is 0. The smallest absolute Gasteiger partial charge is 0.259 e. The van der Waals surface area contributed by atoms with E-state index in [9.17, 15) is 0 Å². The highest BCUT2D eigenvalue weighted by atomic mass is 31.2. The monoisotopic (exact) mass is 408 g/mol. The van der Waals surface area contributed by atoms with Crippen molar-refractivity contribution in [3.63, 3.8) is 0 Å². The van der Waals surface area contributed by atoms with Crippen molar-refractivity contribution in [3.05, 3.63) is 0 Å². The summed E-state index contributed by atoms with van der Waals surface area (Å²) in [7, 11) is -1.72. The molecule has 2 rings (SSSR count). The molecular formula is C18H38N2O4P2. The molecule has 2 fully saturated rings. The molecule has 2 unspecified atom stereocenters. The van der Waals surface area contributed by atoms with Crippen molar-refractivity contribution in [2.24, 2.45) is 0 Å². The summed E-state index contributed by atoms with van der Waals surface area (Å²) < 4.78 is 28.2. The van der Waals surface area contributed by atoms with Crippen molar-refractivity contribution in [3.8, 4) is 0 Å². The van der Waals surface area contributed by atoms with Crippen LogP contribution < -0.4 is 0 Å². The summed E-state index contributed by atoms with van der Waals surface area (Å²) in [6.45, 7) is 18.4. The van der Waals surface area contributed by atoms with Crippen LogP contribution in [0.25, 0.3) is 0 Å². The van der Waals surface area contributed by atoms with Gasteiger partial charge in [0.15, 0.2) is 0 Å². The number of hydrogen-bond acceptors (Lipinski definition) is 6. The Hall–Kier alpha value is 0.620. The highest BCUT2D eigenvalue weighted by Crippen LogP contribution is 2.51. The SMILES string of the molecule is CC(C)(C)N1CCOP1OCCCCCCOP1OCCN1C(C)(C)C. The second kappa shape index (κ2) is 10.4. The van der Waals surface area contributed by atoms with Crippen LogP contribution in [0.1, 0.15) is 67.2 Å². The van der Waals surface area contributed by atoms with Gasteiger partial charge in [0.25, 0.3) is 17.1 Å². The lowest BCUT2D eigenvalue weighted by molar-refractivity contribution is 0.217. The Balaban J connectivity index is 1.50. The van der Waals surface area contributed by atoms with Gasteiger partial charge in [-0.1, -0.05) is 12.8 Å². The van der Waals surface area contributed by atoms with E-state index in [2.05, 4.69) is 50.9 Å². The minimum absolute atomic E-state index is 0.116. The third kappa shape index (κ3) is 7.22. The lowest BCUT2D eigenvalue weighted by atomic mass is 10.1. The molecular weight excluding hydrogens is 370 g/mol. The predicted octanol–water partition coefficient (Wildman–Crippen LogP) is 5.30. The second-order valence-corrected chi connectivity index (χ2v) is 11.8. The Bertz CT molecular complexity index is 377. The van der Waals surface area contributed by atoms with Crippen molar-refractivity contribution < 1.29 is 18.1 Å². The van der Waals surface area contributed by atoms with E-state index < -0.39 is 17.1 Å². The first-order chi connectivity index (χ1) is 12.2. The Morgan fingerprint density at radius 3 is 1.42 bits per heavy atom. The largest absolute Gasteiger partial charge is 0.322 e. The third-order valence-electron chi connectivity index (χ3n) is 4.39. The first-order valence-electron chi connectivity index (χ1n) is 9.86. The average molecular weight is 408 g/mol.